The number of nitrogens with two attached hydrogens (primary N) is 1. The van der Waals surface area contributed by atoms with Crippen LogP contribution in [0.1, 0.15) is 28.0 Å². The molecule has 0 aliphatic rings. The van der Waals surface area contributed by atoms with Crippen molar-refractivity contribution in [3.05, 3.63) is 65.4 Å². The fourth-order valence-electron chi connectivity index (χ4n) is 2.91. The van der Waals surface area contributed by atoms with Gasteiger partial charge in [0.1, 0.15) is 5.69 Å². The minimum Gasteiger partial charge on any atom is -0.481 e. The van der Waals surface area contributed by atoms with Gasteiger partial charge in [-0.1, -0.05) is 24.3 Å². The minimum atomic E-state index is -0.859. The summed E-state index contributed by atoms with van der Waals surface area (Å²) in [5, 5.41) is 19.1. The molecule has 0 fully saturated rings. The topological polar surface area (TPSA) is 106 Å². The summed E-state index contributed by atoms with van der Waals surface area (Å²) in [6, 6.07) is 14.5. The average molecular weight is 338 g/mol. The zero-order valence-corrected chi connectivity index (χ0v) is 13.5. The summed E-state index contributed by atoms with van der Waals surface area (Å²) in [7, 11) is 0. The van der Waals surface area contributed by atoms with Crippen molar-refractivity contribution in [3.8, 4) is 5.69 Å². The van der Waals surface area contributed by atoms with E-state index >= 15 is 0 Å². The summed E-state index contributed by atoms with van der Waals surface area (Å²) in [6.45, 7) is -0.105. The van der Waals surface area contributed by atoms with Crippen LogP contribution in [0.5, 0.6) is 0 Å². The molecule has 0 saturated heterocycles. The highest BCUT2D eigenvalue weighted by Crippen LogP contribution is 2.26. The second-order valence-electron chi connectivity index (χ2n) is 5.84. The molecule has 1 heterocycles. The number of rotatable bonds is 6. The maximum absolute atomic E-state index is 11.9. The third-order valence-electron chi connectivity index (χ3n) is 4.10. The van der Waals surface area contributed by atoms with Crippen molar-refractivity contribution >= 4 is 22.8 Å². The van der Waals surface area contributed by atoms with Crippen LogP contribution in [-0.2, 0) is 17.8 Å². The molecule has 0 aliphatic carbocycles. The third kappa shape index (κ3) is 3.39. The van der Waals surface area contributed by atoms with Gasteiger partial charge in [0.15, 0.2) is 0 Å². The van der Waals surface area contributed by atoms with E-state index in [9.17, 15) is 14.7 Å². The highest BCUT2D eigenvalue weighted by Gasteiger charge is 2.15. The summed E-state index contributed by atoms with van der Waals surface area (Å²) < 4.78 is 1.74. The van der Waals surface area contributed by atoms with Crippen molar-refractivity contribution in [2.75, 3.05) is 0 Å². The molecular formula is C19H18N2O4. The Morgan fingerprint density at radius 3 is 2.52 bits per heavy atom. The number of aliphatic carboxylic acids is 1. The van der Waals surface area contributed by atoms with E-state index in [2.05, 4.69) is 0 Å². The maximum Gasteiger partial charge on any atom is 0.303 e. The molecule has 0 saturated carbocycles. The Bertz CT molecular complexity index is 959. The summed E-state index contributed by atoms with van der Waals surface area (Å²) in [4.78, 5) is 22.7. The molecule has 4 N–H and O–H groups in total. The Morgan fingerprint density at radius 1 is 1.04 bits per heavy atom. The van der Waals surface area contributed by atoms with Gasteiger partial charge in [0, 0.05) is 17.5 Å². The number of aryl methyl sites for hydroxylation is 1. The molecule has 3 aromatic rings. The molecule has 0 bridgehead atoms. The van der Waals surface area contributed by atoms with Gasteiger partial charge in [0.25, 0.3) is 5.91 Å². The number of nitrogens with zero attached hydrogens (tertiary/aromatic N) is 1. The Hall–Kier alpha value is -3.12. The van der Waals surface area contributed by atoms with Gasteiger partial charge in [0.05, 0.1) is 12.1 Å². The number of fused-ring (bicyclic) bond motifs is 1. The molecular weight excluding hydrogens is 320 g/mol. The molecule has 0 spiro atoms. The number of carbonyl (C=O) groups is 2. The smallest absolute Gasteiger partial charge is 0.303 e. The fraction of sp³-hybridized carbons (Fsp3) is 0.158. The number of carboxylic acid groups (broad SMARTS) is 1. The highest BCUT2D eigenvalue weighted by atomic mass is 16.4. The normalized spacial score (nSPS) is 10.9. The Morgan fingerprint density at radius 2 is 1.84 bits per heavy atom. The van der Waals surface area contributed by atoms with Crippen molar-refractivity contribution in [2.24, 2.45) is 5.73 Å². The highest BCUT2D eigenvalue weighted by molar-refractivity contribution is 5.99. The van der Waals surface area contributed by atoms with Crippen molar-refractivity contribution in [3.63, 3.8) is 0 Å². The molecule has 3 rings (SSSR count). The molecule has 1 amide bonds. The first-order chi connectivity index (χ1) is 12.0. The first-order valence-electron chi connectivity index (χ1n) is 7.85. The number of hydrogen-bond acceptors (Lipinski definition) is 3. The van der Waals surface area contributed by atoms with Crippen molar-refractivity contribution in [1.82, 2.24) is 4.57 Å². The number of aliphatic hydroxyl groups excluding tert-OH is 1. The van der Waals surface area contributed by atoms with Crippen LogP contribution in [0.4, 0.5) is 0 Å². The van der Waals surface area contributed by atoms with Crippen LogP contribution >= 0.6 is 0 Å². The second kappa shape index (κ2) is 6.78. The van der Waals surface area contributed by atoms with Gasteiger partial charge in [0.2, 0.25) is 0 Å². The SMILES string of the molecule is NC(=O)c1cc2ccc(CO)cc2n1-c1cccc(CCC(=O)O)c1. The molecule has 0 radical (unpaired) electrons. The van der Waals surface area contributed by atoms with E-state index in [1.807, 2.05) is 36.4 Å². The van der Waals surface area contributed by atoms with Gasteiger partial charge in [-0.05, 0) is 41.8 Å². The molecule has 25 heavy (non-hydrogen) atoms. The second-order valence-corrected chi connectivity index (χ2v) is 5.84. The quantitative estimate of drug-likeness (QED) is 0.641. The van der Waals surface area contributed by atoms with Crippen LogP contribution in [0.2, 0.25) is 0 Å². The van der Waals surface area contributed by atoms with E-state index in [1.165, 1.54) is 0 Å². The molecule has 1 aromatic heterocycles. The predicted octanol–water partition coefficient (Wildman–Crippen LogP) is 2.24. The lowest BCUT2D eigenvalue weighted by Gasteiger charge is -2.11. The first kappa shape index (κ1) is 16.7. The lowest BCUT2D eigenvalue weighted by molar-refractivity contribution is -0.136. The summed E-state index contributed by atoms with van der Waals surface area (Å²) >= 11 is 0. The van der Waals surface area contributed by atoms with Crippen LogP contribution in [0.3, 0.4) is 0 Å². The number of benzene rings is 2. The maximum atomic E-state index is 11.9. The molecule has 6 nitrogen and oxygen atoms in total. The van der Waals surface area contributed by atoms with E-state index in [1.54, 1.807) is 16.7 Å². The monoisotopic (exact) mass is 338 g/mol. The fourth-order valence-corrected chi connectivity index (χ4v) is 2.91. The van der Waals surface area contributed by atoms with Crippen molar-refractivity contribution < 1.29 is 19.8 Å². The Kier molecular flexibility index (Phi) is 4.54. The zero-order valence-electron chi connectivity index (χ0n) is 13.5. The Labute approximate surface area is 144 Å². The summed E-state index contributed by atoms with van der Waals surface area (Å²) in [5.74, 6) is -1.42. The lowest BCUT2D eigenvalue weighted by Crippen LogP contribution is -2.16. The number of hydrogen-bond donors (Lipinski definition) is 3. The minimum absolute atomic E-state index is 0.0349. The summed E-state index contributed by atoms with van der Waals surface area (Å²) in [6.07, 6.45) is 0.434. The average Bonchev–Trinajstić information content (AvgIpc) is 2.99. The predicted molar refractivity (Wildman–Crippen MR) is 93.7 cm³/mol. The number of carboxylic acids is 1. The van der Waals surface area contributed by atoms with Gasteiger partial charge in [-0.25, -0.2) is 0 Å². The zero-order chi connectivity index (χ0) is 18.0. The van der Waals surface area contributed by atoms with Crippen LogP contribution in [0.15, 0.2) is 48.5 Å². The van der Waals surface area contributed by atoms with Gasteiger partial charge >= 0.3 is 5.97 Å². The van der Waals surface area contributed by atoms with Gasteiger partial charge in [-0.2, -0.15) is 0 Å². The van der Waals surface area contributed by atoms with E-state index in [4.69, 9.17) is 10.8 Å². The van der Waals surface area contributed by atoms with E-state index in [-0.39, 0.29) is 13.0 Å². The standard InChI is InChI=1S/C19H18N2O4/c20-19(25)17-10-14-6-4-13(11-22)9-16(14)21(17)15-3-1-2-12(8-15)5-7-18(23)24/h1-4,6,8-10,22H,5,7,11H2,(H2,20,25)(H,23,24). The van der Waals surface area contributed by atoms with Gasteiger partial charge in [-0.15, -0.1) is 0 Å². The van der Waals surface area contributed by atoms with E-state index in [0.717, 1.165) is 27.7 Å². The van der Waals surface area contributed by atoms with E-state index in [0.29, 0.717) is 12.1 Å². The molecule has 6 heteroatoms. The largest absolute Gasteiger partial charge is 0.481 e. The van der Waals surface area contributed by atoms with Gasteiger partial charge in [-0.3, -0.25) is 9.59 Å². The Balaban J connectivity index is 2.16. The molecule has 0 aliphatic heterocycles. The molecule has 128 valence electrons. The molecule has 2 aromatic carbocycles. The van der Waals surface area contributed by atoms with Crippen LogP contribution in [-0.4, -0.2) is 26.7 Å². The summed E-state index contributed by atoms with van der Waals surface area (Å²) in [5.41, 5.74) is 8.94. The van der Waals surface area contributed by atoms with Crippen LogP contribution in [0.25, 0.3) is 16.6 Å². The molecule has 0 unspecified atom stereocenters. The van der Waals surface area contributed by atoms with Crippen LogP contribution < -0.4 is 5.73 Å². The van der Waals surface area contributed by atoms with Crippen LogP contribution in [0, 0.1) is 0 Å². The van der Waals surface area contributed by atoms with Crippen molar-refractivity contribution in [2.45, 2.75) is 19.4 Å². The van der Waals surface area contributed by atoms with Crippen molar-refractivity contribution in [1.29, 1.82) is 0 Å². The third-order valence-corrected chi connectivity index (χ3v) is 4.10. The van der Waals surface area contributed by atoms with Gasteiger partial charge < -0.3 is 20.5 Å². The first-order valence-corrected chi connectivity index (χ1v) is 7.85. The molecule has 0 atom stereocenters. The number of aliphatic hydroxyl groups is 1. The number of aromatic nitrogens is 1. The lowest BCUT2D eigenvalue weighted by atomic mass is 10.1. The number of carbonyl (C=O) groups excluding carboxylic acids is 1. The van der Waals surface area contributed by atoms with E-state index < -0.39 is 11.9 Å². The number of amides is 1. The number of primary amides is 1.